The van der Waals surface area contributed by atoms with E-state index < -0.39 is 24.2 Å². The monoisotopic (exact) mass is 428 g/mol. The van der Waals surface area contributed by atoms with Crippen LogP contribution in [0.1, 0.15) is 23.2 Å². The lowest BCUT2D eigenvalue weighted by atomic mass is 9.93. The SMILES string of the molecule is COc1ccc(C(=O)N2CCCC(C(=O)N3C[C@@H](O)C(O)[C@@H](O)C3)C2)c2ccccc12. The first-order valence-corrected chi connectivity index (χ1v) is 10.6. The number of carbonyl (C=O) groups excluding carboxylic acids is 2. The Morgan fingerprint density at radius 2 is 1.61 bits per heavy atom. The summed E-state index contributed by atoms with van der Waals surface area (Å²) in [5, 5.41) is 31.2. The molecule has 8 nitrogen and oxygen atoms in total. The number of ether oxygens (including phenoxy) is 1. The molecule has 2 heterocycles. The van der Waals surface area contributed by atoms with Crippen LogP contribution < -0.4 is 4.74 Å². The number of hydrogen-bond acceptors (Lipinski definition) is 6. The van der Waals surface area contributed by atoms with Gasteiger partial charge in [0.15, 0.2) is 0 Å². The lowest BCUT2D eigenvalue weighted by molar-refractivity contribution is -0.154. The van der Waals surface area contributed by atoms with Gasteiger partial charge in [0.2, 0.25) is 5.91 Å². The molecular weight excluding hydrogens is 400 g/mol. The van der Waals surface area contributed by atoms with E-state index in [2.05, 4.69) is 0 Å². The van der Waals surface area contributed by atoms with E-state index in [9.17, 15) is 24.9 Å². The predicted molar refractivity (Wildman–Crippen MR) is 114 cm³/mol. The van der Waals surface area contributed by atoms with Gasteiger partial charge in [0.1, 0.15) is 24.1 Å². The molecule has 2 saturated heterocycles. The zero-order valence-electron chi connectivity index (χ0n) is 17.5. The topological polar surface area (TPSA) is 111 Å². The van der Waals surface area contributed by atoms with Crippen molar-refractivity contribution in [3.8, 4) is 5.75 Å². The van der Waals surface area contributed by atoms with Crippen LogP contribution in [0, 0.1) is 5.92 Å². The van der Waals surface area contributed by atoms with Crippen molar-refractivity contribution in [2.75, 3.05) is 33.3 Å². The number of fused-ring (bicyclic) bond motifs is 1. The van der Waals surface area contributed by atoms with Crippen LogP contribution in [0.15, 0.2) is 36.4 Å². The maximum absolute atomic E-state index is 13.4. The Morgan fingerprint density at radius 3 is 2.29 bits per heavy atom. The Balaban J connectivity index is 1.52. The number of likely N-dealkylation sites (tertiary alicyclic amines) is 2. The van der Waals surface area contributed by atoms with Crippen molar-refractivity contribution < 1.29 is 29.6 Å². The highest BCUT2D eigenvalue weighted by Gasteiger charge is 2.39. The van der Waals surface area contributed by atoms with Crippen molar-refractivity contribution >= 4 is 22.6 Å². The Kier molecular flexibility index (Phi) is 6.13. The first-order chi connectivity index (χ1) is 14.9. The van der Waals surface area contributed by atoms with E-state index in [1.165, 1.54) is 4.90 Å². The third kappa shape index (κ3) is 4.11. The molecular formula is C23H28N2O6. The van der Waals surface area contributed by atoms with E-state index in [-0.39, 0.29) is 31.4 Å². The minimum absolute atomic E-state index is 0.0232. The Morgan fingerprint density at radius 1 is 0.935 bits per heavy atom. The average Bonchev–Trinajstić information content (AvgIpc) is 2.80. The fraction of sp³-hybridized carbons (Fsp3) is 0.478. The molecule has 0 radical (unpaired) electrons. The van der Waals surface area contributed by atoms with Crippen molar-refractivity contribution in [1.82, 2.24) is 9.80 Å². The molecule has 3 N–H and O–H groups in total. The summed E-state index contributed by atoms with van der Waals surface area (Å²) in [6.07, 6.45) is -2.29. The zero-order chi connectivity index (χ0) is 22.1. The molecule has 0 saturated carbocycles. The normalized spacial score (nSPS) is 26.7. The minimum atomic E-state index is -1.25. The molecule has 2 aromatic rings. The van der Waals surface area contributed by atoms with Crippen LogP contribution in [-0.2, 0) is 4.79 Å². The third-order valence-electron chi connectivity index (χ3n) is 6.31. The van der Waals surface area contributed by atoms with Gasteiger partial charge in [-0.25, -0.2) is 0 Å². The standard InChI is InChI=1S/C23H28N2O6/c1-31-20-9-8-17(15-6-2-3-7-16(15)20)23(30)24-10-4-5-14(11-24)22(29)25-12-18(26)21(28)19(27)13-25/h2-3,6-9,14,18-19,21,26-28H,4-5,10-13H2,1H3/t14?,18-,19+,21?. The largest absolute Gasteiger partial charge is 0.496 e. The molecule has 166 valence electrons. The van der Waals surface area contributed by atoms with Crippen molar-refractivity contribution in [1.29, 1.82) is 0 Å². The summed E-state index contributed by atoms with van der Waals surface area (Å²) in [4.78, 5) is 29.5. The number of aliphatic hydroxyl groups is 3. The molecule has 0 spiro atoms. The number of amides is 2. The summed E-state index contributed by atoms with van der Waals surface area (Å²) in [6.45, 7) is 0.797. The van der Waals surface area contributed by atoms with Gasteiger partial charge in [-0.05, 0) is 30.4 Å². The number of methoxy groups -OCH3 is 1. The Labute approximate surface area is 180 Å². The van der Waals surface area contributed by atoms with Gasteiger partial charge in [0, 0.05) is 37.1 Å². The smallest absolute Gasteiger partial charge is 0.254 e. The van der Waals surface area contributed by atoms with E-state index >= 15 is 0 Å². The summed E-state index contributed by atoms with van der Waals surface area (Å²) < 4.78 is 5.41. The highest BCUT2D eigenvalue weighted by molar-refractivity contribution is 6.08. The number of benzene rings is 2. The molecule has 4 atom stereocenters. The maximum Gasteiger partial charge on any atom is 0.254 e. The quantitative estimate of drug-likeness (QED) is 0.661. The fourth-order valence-electron chi connectivity index (χ4n) is 4.61. The van der Waals surface area contributed by atoms with E-state index in [4.69, 9.17) is 4.74 Å². The number of piperidine rings is 2. The van der Waals surface area contributed by atoms with Gasteiger partial charge in [-0.15, -0.1) is 0 Å². The number of hydrogen-bond donors (Lipinski definition) is 3. The summed E-state index contributed by atoms with van der Waals surface area (Å²) in [6, 6.07) is 11.1. The number of nitrogens with zero attached hydrogens (tertiary/aromatic N) is 2. The maximum atomic E-state index is 13.4. The first kappa shape index (κ1) is 21.5. The highest BCUT2D eigenvalue weighted by atomic mass is 16.5. The van der Waals surface area contributed by atoms with Gasteiger partial charge in [-0.2, -0.15) is 0 Å². The van der Waals surface area contributed by atoms with Crippen LogP contribution in [0.2, 0.25) is 0 Å². The second-order valence-corrected chi connectivity index (χ2v) is 8.32. The molecule has 8 heteroatoms. The second-order valence-electron chi connectivity index (χ2n) is 8.32. The molecule has 2 unspecified atom stereocenters. The average molecular weight is 428 g/mol. The fourth-order valence-corrected chi connectivity index (χ4v) is 4.61. The van der Waals surface area contributed by atoms with E-state index in [0.717, 1.165) is 10.8 Å². The summed E-state index contributed by atoms with van der Waals surface area (Å²) >= 11 is 0. The molecule has 0 bridgehead atoms. The van der Waals surface area contributed by atoms with Crippen LogP contribution >= 0.6 is 0 Å². The highest BCUT2D eigenvalue weighted by Crippen LogP contribution is 2.30. The molecule has 2 fully saturated rings. The van der Waals surface area contributed by atoms with Crippen LogP contribution in [0.5, 0.6) is 5.75 Å². The molecule has 2 amide bonds. The Bertz CT molecular complexity index is 968. The third-order valence-corrected chi connectivity index (χ3v) is 6.31. The van der Waals surface area contributed by atoms with E-state index in [1.807, 2.05) is 24.3 Å². The predicted octanol–water partition coefficient (Wildman–Crippen LogP) is 0.626. The van der Waals surface area contributed by atoms with Crippen LogP contribution in [0.3, 0.4) is 0 Å². The molecule has 4 rings (SSSR count). The molecule has 2 aromatic carbocycles. The lowest BCUT2D eigenvalue weighted by Gasteiger charge is -2.40. The summed E-state index contributed by atoms with van der Waals surface area (Å²) in [5.74, 6) is -0.0484. The summed E-state index contributed by atoms with van der Waals surface area (Å²) in [7, 11) is 1.59. The Hall–Kier alpha value is -2.68. The number of aliphatic hydroxyl groups excluding tert-OH is 3. The van der Waals surface area contributed by atoms with Crippen LogP contribution in [-0.4, -0.2) is 88.5 Å². The minimum Gasteiger partial charge on any atom is -0.496 e. The van der Waals surface area contributed by atoms with Gasteiger partial charge in [-0.1, -0.05) is 24.3 Å². The van der Waals surface area contributed by atoms with Crippen LogP contribution in [0.25, 0.3) is 10.8 Å². The number of rotatable bonds is 3. The van der Waals surface area contributed by atoms with Crippen molar-refractivity contribution in [2.24, 2.45) is 5.92 Å². The molecule has 31 heavy (non-hydrogen) atoms. The zero-order valence-corrected chi connectivity index (χ0v) is 17.5. The molecule has 2 aliphatic rings. The van der Waals surface area contributed by atoms with E-state index in [0.29, 0.717) is 30.7 Å². The number of carbonyl (C=O) groups is 2. The van der Waals surface area contributed by atoms with Gasteiger partial charge >= 0.3 is 0 Å². The lowest BCUT2D eigenvalue weighted by Crippen LogP contribution is -2.59. The first-order valence-electron chi connectivity index (χ1n) is 10.6. The van der Waals surface area contributed by atoms with Crippen molar-refractivity contribution in [3.63, 3.8) is 0 Å². The molecule has 0 aliphatic carbocycles. The summed E-state index contributed by atoms with van der Waals surface area (Å²) in [5.41, 5.74) is 0.566. The van der Waals surface area contributed by atoms with Crippen LogP contribution in [0.4, 0.5) is 0 Å². The van der Waals surface area contributed by atoms with Gasteiger partial charge in [0.05, 0.1) is 13.0 Å². The number of β-amino-alcohol motifs (C(OH)–C–C–N with tert-alkyl or cyclic N) is 2. The molecule has 0 aromatic heterocycles. The van der Waals surface area contributed by atoms with Crippen molar-refractivity contribution in [2.45, 2.75) is 31.2 Å². The molecule has 2 aliphatic heterocycles. The van der Waals surface area contributed by atoms with E-state index in [1.54, 1.807) is 24.1 Å². The van der Waals surface area contributed by atoms with Gasteiger partial charge in [-0.3, -0.25) is 9.59 Å². The van der Waals surface area contributed by atoms with Gasteiger partial charge < -0.3 is 29.9 Å². The second kappa shape index (κ2) is 8.82. The van der Waals surface area contributed by atoms with Crippen molar-refractivity contribution in [3.05, 3.63) is 42.0 Å². The van der Waals surface area contributed by atoms with Gasteiger partial charge in [0.25, 0.3) is 5.91 Å².